The molecule has 1 aromatic carbocycles. The van der Waals surface area contributed by atoms with Crippen LogP contribution in [0.3, 0.4) is 0 Å². The number of nitrogens with zero attached hydrogens (tertiary/aromatic N) is 1. The molecule has 0 saturated carbocycles. The second-order valence-corrected chi connectivity index (χ2v) is 5.88. The maximum absolute atomic E-state index is 12.1. The number of carbonyl (C=O) groups is 1. The third kappa shape index (κ3) is 4.19. The van der Waals surface area contributed by atoms with Crippen LogP contribution in [0.2, 0.25) is 0 Å². The summed E-state index contributed by atoms with van der Waals surface area (Å²) in [5, 5.41) is 3.00. The van der Waals surface area contributed by atoms with E-state index in [0.29, 0.717) is 11.3 Å². The molecule has 1 atom stereocenters. The van der Waals surface area contributed by atoms with Gasteiger partial charge in [0.05, 0.1) is 13.2 Å². The highest BCUT2D eigenvalue weighted by Gasteiger charge is 2.16. The number of anilines is 1. The Hall–Kier alpha value is -1.11. The maximum atomic E-state index is 12.1. The molecule has 1 aliphatic heterocycles. The van der Waals surface area contributed by atoms with Gasteiger partial charge in [0.2, 0.25) is 0 Å². The van der Waals surface area contributed by atoms with Crippen molar-refractivity contribution in [3.05, 3.63) is 28.2 Å². The van der Waals surface area contributed by atoms with Gasteiger partial charge in [-0.2, -0.15) is 0 Å². The number of hydrogen-bond donors (Lipinski definition) is 2. The number of carbonyl (C=O) groups excluding carboxylic acids is 1. The second-order valence-electron chi connectivity index (χ2n) is 5.02. The molecular formula is C14H20BrN3O2. The molecule has 1 fully saturated rings. The number of nitrogens with two attached hydrogens (primary N) is 1. The zero-order valence-electron chi connectivity index (χ0n) is 11.6. The van der Waals surface area contributed by atoms with Crippen LogP contribution in [0.4, 0.5) is 5.69 Å². The third-order valence-corrected chi connectivity index (χ3v) is 3.99. The van der Waals surface area contributed by atoms with Gasteiger partial charge in [-0.25, -0.2) is 0 Å². The van der Waals surface area contributed by atoms with Crippen LogP contribution in [0.1, 0.15) is 17.3 Å². The molecule has 1 unspecified atom stereocenters. The molecule has 5 nitrogen and oxygen atoms in total. The van der Waals surface area contributed by atoms with Gasteiger partial charge in [0.25, 0.3) is 5.91 Å². The summed E-state index contributed by atoms with van der Waals surface area (Å²) in [5.74, 6) is -0.0926. The standard InChI is InChI=1S/C14H20BrN3O2/c1-10(9-18-4-6-20-7-5-18)17-14(19)11-2-3-12(15)13(16)8-11/h2-3,8,10H,4-7,9,16H2,1H3,(H,17,19). The highest BCUT2D eigenvalue weighted by molar-refractivity contribution is 9.10. The Morgan fingerprint density at radius 1 is 1.50 bits per heavy atom. The van der Waals surface area contributed by atoms with Crippen molar-refractivity contribution in [2.45, 2.75) is 13.0 Å². The van der Waals surface area contributed by atoms with Crippen LogP contribution in [-0.2, 0) is 4.74 Å². The molecule has 2 rings (SSSR count). The summed E-state index contributed by atoms with van der Waals surface area (Å²) < 4.78 is 6.11. The molecule has 6 heteroatoms. The van der Waals surface area contributed by atoms with Crippen LogP contribution in [0, 0.1) is 0 Å². The largest absolute Gasteiger partial charge is 0.398 e. The summed E-state index contributed by atoms with van der Waals surface area (Å²) in [5.41, 5.74) is 6.94. The van der Waals surface area contributed by atoms with Crippen molar-refractivity contribution in [2.24, 2.45) is 0 Å². The molecular weight excluding hydrogens is 322 g/mol. The lowest BCUT2D eigenvalue weighted by atomic mass is 10.1. The Kier molecular flexibility index (Phi) is 5.39. The number of hydrogen-bond acceptors (Lipinski definition) is 4. The first-order valence-electron chi connectivity index (χ1n) is 6.72. The number of morpholine rings is 1. The number of amides is 1. The van der Waals surface area contributed by atoms with E-state index in [1.54, 1.807) is 18.2 Å². The minimum absolute atomic E-state index is 0.0884. The first-order chi connectivity index (χ1) is 9.56. The Balaban J connectivity index is 1.87. The molecule has 1 aromatic rings. The molecule has 0 aromatic heterocycles. The SMILES string of the molecule is CC(CN1CCOCC1)NC(=O)c1ccc(Br)c(N)c1. The predicted molar refractivity (Wildman–Crippen MR) is 82.7 cm³/mol. The van der Waals surface area contributed by atoms with Crippen LogP contribution in [0.15, 0.2) is 22.7 Å². The minimum atomic E-state index is -0.0926. The van der Waals surface area contributed by atoms with Crippen LogP contribution < -0.4 is 11.1 Å². The highest BCUT2D eigenvalue weighted by Crippen LogP contribution is 2.20. The molecule has 0 bridgehead atoms. The highest BCUT2D eigenvalue weighted by atomic mass is 79.9. The molecule has 0 aliphatic carbocycles. The van der Waals surface area contributed by atoms with Crippen molar-refractivity contribution in [1.82, 2.24) is 10.2 Å². The topological polar surface area (TPSA) is 67.6 Å². The van der Waals surface area contributed by atoms with Crippen molar-refractivity contribution in [1.29, 1.82) is 0 Å². The Morgan fingerprint density at radius 2 is 2.20 bits per heavy atom. The van der Waals surface area contributed by atoms with Gasteiger partial charge in [0.15, 0.2) is 0 Å². The zero-order chi connectivity index (χ0) is 14.5. The number of rotatable bonds is 4. The molecule has 3 N–H and O–H groups in total. The van der Waals surface area contributed by atoms with Gasteiger partial charge in [0, 0.05) is 41.4 Å². The lowest BCUT2D eigenvalue weighted by Gasteiger charge is -2.29. The lowest BCUT2D eigenvalue weighted by Crippen LogP contribution is -2.46. The monoisotopic (exact) mass is 341 g/mol. The van der Waals surface area contributed by atoms with Gasteiger partial charge in [-0.05, 0) is 41.1 Å². The van der Waals surface area contributed by atoms with E-state index in [2.05, 4.69) is 26.1 Å². The Labute approximate surface area is 127 Å². The summed E-state index contributed by atoms with van der Waals surface area (Å²) in [6, 6.07) is 5.32. The molecule has 1 amide bonds. The molecule has 1 saturated heterocycles. The third-order valence-electron chi connectivity index (χ3n) is 3.27. The Bertz CT molecular complexity index is 475. The van der Waals surface area contributed by atoms with Crippen LogP contribution >= 0.6 is 15.9 Å². The van der Waals surface area contributed by atoms with E-state index in [1.807, 2.05) is 6.92 Å². The van der Waals surface area contributed by atoms with Crippen molar-refractivity contribution in [3.8, 4) is 0 Å². The average molecular weight is 342 g/mol. The summed E-state index contributed by atoms with van der Waals surface area (Å²) in [4.78, 5) is 14.4. The van der Waals surface area contributed by atoms with E-state index in [9.17, 15) is 4.79 Å². The van der Waals surface area contributed by atoms with Gasteiger partial charge in [-0.15, -0.1) is 0 Å². The molecule has 110 valence electrons. The van der Waals surface area contributed by atoms with Gasteiger partial charge in [-0.1, -0.05) is 0 Å². The number of halogens is 1. The molecule has 0 radical (unpaired) electrons. The zero-order valence-corrected chi connectivity index (χ0v) is 13.1. The van der Waals surface area contributed by atoms with E-state index < -0.39 is 0 Å². The smallest absolute Gasteiger partial charge is 0.251 e. The predicted octanol–water partition coefficient (Wildman–Crippen LogP) is 1.48. The molecule has 20 heavy (non-hydrogen) atoms. The number of benzene rings is 1. The normalized spacial score (nSPS) is 17.7. The van der Waals surface area contributed by atoms with Crippen molar-refractivity contribution in [2.75, 3.05) is 38.6 Å². The Morgan fingerprint density at radius 3 is 2.85 bits per heavy atom. The van der Waals surface area contributed by atoms with Crippen molar-refractivity contribution >= 4 is 27.5 Å². The van der Waals surface area contributed by atoms with Gasteiger partial charge in [0.1, 0.15) is 0 Å². The number of ether oxygens (including phenoxy) is 1. The van der Waals surface area contributed by atoms with Gasteiger partial charge >= 0.3 is 0 Å². The van der Waals surface area contributed by atoms with E-state index >= 15 is 0 Å². The fraction of sp³-hybridized carbons (Fsp3) is 0.500. The fourth-order valence-corrected chi connectivity index (χ4v) is 2.46. The number of nitrogens with one attached hydrogen (secondary N) is 1. The quantitative estimate of drug-likeness (QED) is 0.814. The first kappa shape index (κ1) is 15.3. The number of nitrogen functional groups attached to an aromatic ring is 1. The first-order valence-corrected chi connectivity index (χ1v) is 7.51. The fourth-order valence-electron chi connectivity index (χ4n) is 2.21. The van der Waals surface area contributed by atoms with E-state index in [4.69, 9.17) is 10.5 Å². The van der Waals surface area contributed by atoms with Crippen molar-refractivity contribution < 1.29 is 9.53 Å². The average Bonchev–Trinajstić information content (AvgIpc) is 2.42. The van der Waals surface area contributed by atoms with Crippen LogP contribution in [0.5, 0.6) is 0 Å². The molecule has 0 spiro atoms. The summed E-state index contributed by atoms with van der Waals surface area (Å²) in [6.07, 6.45) is 0. The molecule has 1 heterocycles. The van der Waals surface area contributed by atoms with Gasteiger partial charge in [-0.3, -0.25) is 9.69 Å². The van der Waals surface area contributed by atoms with Crippen LogP contribution in [-0.4, -0.2) is 49.7 Å². The van der Waals surface area contributed by atoms with E-state index in [1.165, 1.54) is 0 Å². The van der Waals surface area contributed by atoms with E-state index in [0.717, 1.165) is 37.3 Å². The maximum Gasteiger partial charge on any atom is 0.251 e. The van der Waals surface area contributed by atoms with E-state index in [-0.39, 0.29) is 11.9 Å². The lowest BCUT2D eigenvalue weighted by molar-refractivity contribution is 0.0342. The summed E-state index contributed by atoms with van der Waals surface area (Å²) >= 11 is 3.32. The van der Waals surface area contributed by atoms with Crippen LogP contribution in [0.25, 0.3) is 0 Å². The molecule has 1 aliphatic rings. The van der Waals surface area contributed by atoms with Crippen molar-refractivity contribution in [3.63, 3.8) is 0 Å². The summed E-state index contributed by atoms with van der Waals surface area (Å²) in [7, 11) is 0. The minimum Gasteiger partial charge on any atom is -0.398 e. The second kappa shape index (κ2) is 7.06. The van der Waals surface area contributed by atoms with Gasteiger partial charge < -0.3 is 15.8 Å². The summed E-state index contributed by atoms with van der Waals surface area (Å²) in [6.45, 7) is 6.22.